The zero-order valence-corrected chi connectivity index (χ0v) is 10.2. The minimum Gasteiger partial charge on any atom is -0.469 e. The molecule has 0 atom stereocenters. The number of ether oxygens (including phenoxy) is 1. The monoisotopic (exact) mass is 246 g/mol. The topological polar surface area (TPSA) is 26.3 Å². The molecule has 0 saturated carbocycles. The van der Waals surface area contributed by atoms with Crippen molar-refractivity contribution in [3.05, 3.63) is 33.3 Å². The smallest absolute Gasteiger partial charge is 0.310 e. The predicted octanol–water partition coefficient (Wildman–Crippen LogP) is 3.27. The van der Waals surface area contributed by atoms with Gasteiger partial charge >= 0.3 is 5.97 Å². The lowest BCUT2D eigenvalue weighted by molar-refractivity contribution is -0.139. The molecule has 1 rings (SSSR count). The third-order valence-electron chi connectivity index (χ3n) is 2.18. The molecule has 0 spiro atoms. The summed E-state index contributed by atoms with van der Waals surface area (Å²) in [7, 11) is 1.36. The van der Waals surface area contributed by atoms with Gasteiger partial charge in [0, 0.05) is 10.0 Å². The van der Waals surface area contributed by atoms with Crippen LogP contribution < -0.4 is 0 Å². The zero-order chi connectivity index (χ0) is 11.4. The van der Waals surface area contributed by atoms with Crippen LogP contribution in [0.25, 0.3) is 0 Å². The molecule has 0 radical (unpaired) electrons. The van der Waals surface area contributed by atoms with Gasteiger partial charge in [-0.25, -0.2) is 0 Å². The number of carbonyl (C=O) groups excluding carboxylic acids is 1. The molecule has 0 aliphatic heterocycles. The summed E-state index contributed by atoms with van der Waals surface area (Å²) in [6, 6.07) is 3.46. The van der Waals surface area contributed by atoms with E-state index in [1.54, 1.807) is 6.07 Å². The van der Waals surface area contributed by atoms with Gasteiger partial charge in [0.05, 0.1) is 13.5 Å². The van der Waals surface area contributed by atoms with Gasteiger partial charge in [0.1, 0.15) is 0 Å². The van der Waals surface area contributed by atoms with Crippen molar-refractivity contribution in [1.82, 2.24) is 0 Å². The highest BCUT2D eigenvalue weighted by Gasteiger charge is 2.12. The van der Waals surface area contributed by atoms with E-state index in [4.69, 9.17) is 23.2 Å². The zero-order valence-electron chi connectivity index (χ0n) is 8.64. The average Bonchev–Trinajstić information content (AvgIpc) is 2.21. The first-order valence-electron chi connectivity index (χ1n) is 4.62. The van der Waals surface area contributed by atoms with Gasteiger partial charge in [0.25, 0.3) is 0 Å². The van der Waals surface area contributed by atoms with E-state index in [1.165, 1.54) is 7.11 Å². The van der Waals surface area contributed by atoms with Crippen LogP contribution in [-0.4, -0.2) is 13.1 Å². The first kappa shape index (κ1) is 12.3. The van der Waals surface area contributed by atoms with Crippen LogP contribution in [-0.2, 0) is 22.4 Å². The standard InChI is InChI=1S/C11H12Cl2O2/c1-3-7-4-8(12)5-10(13)9(7)6-11(14)15-2/h4-5H,3,6H2,1-2H3. The van der Waals surface area contributed by atoms with Gasteiger partial charge in [0.2, 0.25) is 0 Å². The molecule has 0 amide bonds. The lowest BCUT2D eigenvalue weighted by Crippen LogP contribution is -2.07. The fourth-order valence-electron chi connectivity index (χ4n) is 1.39. The van der Waals surface area contributed by atoms with Gasteiger partial charge < -0.3 is 4.74 Å². The van der Waals surface area contributed by atoms with Crippen LogP contribution in [0.3, 0.4) is 0 Å². The Morgan fingerprint density at radius 2 is 2.07 bits per heavy atom. The lowest BCUT2D eigenvalue weighted by Gasteiger charge is -2.09. The molecule has 0 saturated heterocycles. The molecule has 0 fully saturated rings. The van der Waals surface area contributed by atoms with Crippen LogP contribution in [0.15, 0.2) is 12.1 Å². The Morgan fingerprint density at radius 3 is 2.60 bits per heavy atom. The molecule has 0 unspecified atom stereocenters. The number of methoxy groups -OCH3 is 1. The fraction of sp³-hybridized carbons (Fsp3) is 0.364. The van der Waals surface area contributed by atoms with E-state index in [0.717, 1.165) is 17.5 Å². The van der Waals surface area contributed by atoms with Crippen molar-refractivity contribution in [3.63, 3.8) is 0 Å². The van der Waals surface area contributed by atoms with E-state index in [1.807, 2.05) is 13.0 Å². The minimum atomic E-state index is -0.297. The van der Waals surface area contributed by atoms with E-state index >= 15 is 0 Å². The fourth-order valence-corrected chi connectivity index (χ4v) is 1.99. The second-order valence-electron chi connectivity index (χ2n) is 3.13. The summed E-state index contributed by atoms with van der Waals surface area (Å²) in [5, 5.41) is 1.11. The third-order valence-corrected chi connectivity index (χ3v) is 2.74. The van der Waals surface area contributed by atoms with Crippen LogP contribution in [0.2, 0.25) is 10.0 Å². The summed E-state index contributed by atoms with van der Waals surface area (Å²) in [5.74, 6) is -0.297. The summed E-state index contributed by atoms with van der Waals surface area (Å²) >= 11 is 11.9. The largest absolute Gasteiger partial charge is 0.469 e. The highest BCUT2D eigenvalue weighted by atomic mass is 35.5. The van der Waals surface area contributed by atoms with Gasteiger partial charge in [-0.2, -0.15) is 0 Å². The molecular weight excluding hydrogens is 235 g/mol. The molecule has 15 heavy (non-hydrogen) atoms. The molecule has 0 aliphatic rings. The molecule has 1 aromatic rings. The number of rotatable bonds is 3. The molecular formula is C11H12Cl2O2. The normalized spacial score (nSPS) is 10.1. The van der Waals surface area contributed by atoms with Gasteiger partial charge in [0.15, 0.2) is 0 Å². The predicted molar refractivity (Wildman–Crippen MR) is 61.6 cm³/mol. The van der Waals surface area contributed by atoms with Crippen molar-refractivity contribution < 1.29 is 9.53 Å². The van der Waals surface area contributed by atoms with Crippen molar-refractivity contribution in [2.75, 3.05) is 7.11 Å². The van der Waals surface area contributed by atoms with Crippen LogP contribution in [0.5, 0.6) is 0 Å². The highest BCUT2D eigenvalue weighted by Crippen LogP contribution is 2.26. The summed E-state index contributed by atoms with van der Waals surface area (Å²) < 4.78 is 4.61. The van der Waals surface area contributed by atoms with Crippen LogP contribution in [0.1, 0.15) is 18.1 Å². The first-order chi connectivity index (χ1) is 7.08. The first-order valence-corrected chi connectivity index (χ1v) is 5.37. The number of esters is 1. The summed E-state index contributed by atoms with van der Waals surface area (Å²) in [4.78, 5) is 11.2. The number of hydrogen-bond acceptors (Lipinski definition) is 2. The molecule has 0 bridgehead atoms. The van der Waals surface area contributed by atoms with E-state index < -0.39 is 0 Å². The van der Waals surface area contributed by atoms with Crippen molar-refractivity contribution >= 4 is 29.2 Å². The van der Waals surface area contributed by atoms with Crippen molar-refractivity contribution in [2.45, 2.75) is 19.8 Å². The number of aryl methyl sites for hydroxylation is 1. The molecule has 1 aromatic carbocycles. The number of hydrogen-bond donors (Lipinski definition) is 0. The Bertz CT molecular complexity index is 375. The van der Waals surface area contributed by atoms with E-state index in [0.29, 0.717) is 10.0 Å². The van der Waals surface area contributed by atoms with Crippen LogP contribution >= 0.6 is 23.2 Å². The Labute approximate surface area is 99.1 Å². The van der Waals surface area contributed by atoms with Crippen molar-refractivity contribution in [2.24, 2.45) is 0 Å². The maximum Gasteiger partial charge on any atom is 0.310 e. The second-order valence-corrected chi connectivity index (χ2v) is 3.98. The third kappa shape index (κ3) is 3.11. The number of benzene rings is 1. The average molecular weight is 247 g/mol. The molecule has 2 nitrogen and oxygen atoms in total. The SMILES string of the molecule is CCc1cc(Cl)cc(Cl)c1CC(=O)OC. The molecule has 0 aromatic heterocycles. The van der Waals surface area contributed by atoms with Gasteiger partial charge in [-0.15, -0.1) is 0 Å². The quantitative estimate of drug-likeness (QED) is 0.766. The maximum absolute atomic E-state index is 11.2. The van der Waals surface area contributed by atoms with Gasteiger partial charge in [-0.05, 0) is 29.7 Å². The van der Waals surface area contributed by atoms with E-state index in [2.05, 4.69) is 4.74 Å². The van der Waals surface area contributed by atoms with Gasteiger partial charge in [-0.3, -0.25) is 4.79 Å². The molecule has 4 heteroatoms. The highest BCUT2D eigenvalue weighted by molar-refractivity contribution is 6.35. The summed E-state index contributed by atoms with van der Waals surface area (Å²) in [5.41, 5.74) is 1.79. The summed E-state index contributed by atoms with van der Waals surface area (Å²) in [6.45, 7) is 1.99. The summed E-state index contributed by atoms with van der Waals surface area (Å²) in [6.07, 6.45) is 0.974. The Kier molecular flexibility index (Phi) is 4.43. The Hall–Kier alpha value is -0.730. The molecule has 0 aliphatic carbocycles. The number of halogens is 2. The van der Waals surface area contributed by atoms with Crippen molar-refractivity contribution in [1.29, 1.82) is 0 Å². The van der Waals surface area contributed by atoms with Gasteiger partial charge in [-0.1, -0.05) is 30.1 Å². The Balaban J connectivity index is 3.09. The van der Waals surface area contributed by atoms with E-state index in [9.17, 15) is 4.79 Å². The maximum atomic E-state index is 11.2. The van der Waals surface area contributed by atoms with E-state index in [-0.39, 0.29) is 12.4 Å². The second kappa shape index (κ2) is 5.38. The molecule has 0 N–H and O–H groups in total. The molecule has 0 heterocycles. The van der Waals surface area contributed by atoms with Crippen molar-refractivity contribution in [3.8, 4) is 0 Å². The van der Waals surface area contributed by atoms with Crippen LogP contribution in [0, 0.1) is 0 Å². The Morgan fingerprint density at radius 1 is 1.40 bits per heavy atom. The minimum absolute atomic E-state index is 0.190. The molecule has 82 valence electrons. The lowest BCUT2D eigenvalue weighted by atomic mass is 10.0. The number of carbonyl (C=O) groups is 1. The van der Waals surface area contributed by atoms with Crippen LogP contribution in [0.4, 0.5) is 0 Å².